The molecule has 0 spiro atoms. The number of amides is 1. The zero-order valence-electron chi connectivity index (χ0n) is 12.2. The number of nitrogens with two attached hydrogens (primary N) is 1. The van der Waals surface area contributed by atoms with E-state index in [4.69, 9.17) is 17.3 Å². The number of aliphatic carboxylic acids is 1. The summed E-state index contributed by atoms with van der Waals surface area (Å²) in [6.07, 6.45) is 0.945. The molecule has 1 aromatic rings. The van der Waals surface area contributed by atoms with E-state index in [1.54, 1.807) is 11.8 Å². The van der Waals surface area contributed by atoms with Gasteiger partial charge in [0.25, 0.3) is 0 Å². The Hall–Kier alpha value is -1.66. The van der Waals surface area contributed by atoms with Crippen molar-refractivity contribution in [2.45, 2.75) is 25.8 Å². The van der Waals surface area contributed by atoms with Gasteiger partial charge in [0.2, 0.25) is 5.91 Å². The molecule has 1 fully saturated rings. The molecular weight excluding hydrogens is 311 g/mol. The largest absolute Gasteiger partial charge is 0.480 e. The van der Waals surface area contributed by atoms with Crippen LogP contribution in [-0.2, 0) is 9.59 Å². The maximum Gasteiger partial charge on any atom is 0.325 e. The van der Waals surface area contributed by atoms with Crippen molar-refractivity contribution in [2.24, 2.45) is 11.7 Å². The number of hydrogen-bond acceptors (Lipinski definition) is 3. The molecule has 1 aliphatic rings. The number of carbonyl (C=O) groups is 2. The molecule has 120 valence electrons. The fourth-order valence-electron chi connectivity index (χ4n) is 2.80. The lowest BCUT2D eigenvalue weighted by Gasteiger charge is -2.35. The number of hydrogen-bond donors (Lipinski definition) is 2. The minimum Gasteiger partial charge on any atom is -0.480 e. The van der Waals surface area contributed by atoms with Crippen LogP contribution in [0.15, 0.2) is 12.1 Å². The molecule has 5 nitrogen and oxygen atoms in total. The highest BCUT2D eigenvalue weighted by Gasteiger charge is 2.34. The lowest BCUT2D eigenvalue weighted by atomic mass is 9.93. The first-order valence-electron chi connectivity index (χ1n) is 7.03. The Morgan fingerprint density at radius 1 is 1.41 bits per heavy atom. The van der Waals surface area contributed by atoms with Crippen molar-refractivity contribution in [2.75, 3.05) is 13.1 Å². The Kier molecular flexibility index (Phi) is 5.03. The molecule has 0 aromatic heterocycles. The van der Waals surface area contributed by atoms with Crippen molar-refractivity contribution in [3.63, 3.8) is 0 Å². The van der Waals surface area contributed by atoms with Crippen LogP contribution in [0.4, 0.5) is 4.39 Å². The second-order valence-corrected chi connectivity index (χ2v) is 5.98. The van der Waals surface area contributed by atoms with E-state index in [0.717, 1.165) is 0 Å². The summed E-state index contributed by atoms with van der Waals surface area (Å²) in [6, 6.07) is 1.49. The van der Waals surface area contributed by atoms with Crippen LogP contribution in [0.2, 0.25) is 5.02 Å². The zero-order chi connectivity index (χ0) is 16.4. The van der Waals surface area contributed by atoms with E-state index in [1.807, 2.05) is 0 Å². The van der Waals surface area contributed by atoms with Crippen molar-refractivity contribution < 1.29 is 19.1 Å². The Morgan fingerprint density at radius 3 is 2.50 bits per heavy atom. The van der Waals surface area contributed by atoms with Crippen molar-refractivity contribution >= 4 is 23.5 Å². The molecule has 1 unspecified atom stereocenters. The summed E-state index contributed by atoms with van der Waals surface area (Å²) in [5.41, 5.74) is 5.87. The molecule has 3 N–H and O–H groups in total. The maximum absolute atomic E-state index is 14.2. The molecule has 1 heterocycles. The number of halogens is 2. The van der Waals surface area contributed by atoms with Gasteiger partial charge in [-0.25, -0.2) is 4.39 Å². The molecule has 1 aromatic carbocycles. The lowest BCUT2D eigenvalue weighted by molar-refractivity contribution is -0.144. The van der Waals surface area contributed by atoms with Gasteiger partial charge < -0.3 is 10.8 Å². The maximum atomic E-state index is 14.2. The second kappa shape index (κ2) is 6.62. The number of primary amides is 1. The molecule has 2 rings (SSSR count). The van der Waals surface area contributed by atoms with Crippen molar-refractivity contribution in [3.8, 4) is 0 Å². The van der Waals surface area contributed by atoms with Gasteiger partial charge in [0, 0.05) is 29.6 Å². The molecule has 0 bridgehead atoms. The molecule has 0 radical (unpaired) electrons. The molecular formula is C15H18ClFN2O3. The van der Waals surface area contributed by atoms with Crippen LogP contribution in [0.5, 0.6) is 0 Å². The predicted octanol–water partition coefficient (Wildman–Crippen LogP) is 2.11. The number of carbonyl (C=O) groups excluding carboxylic acids is 1. The van der Waals surface area contributed by atoms with Gasteiger partial charge in [0.05, 0.1) is 0 Å². The van der Waals surface area contributed by atoms with Crippen LogP contribution in [0, 0.1) is 18.7 Å². The number of piperidine rings is 1. The fourth-order valence-corrected chi connectivity index (χ4v) is 2.97. The average molecular weight is 329 g/mol. The van der Waals surface area contributed by atoms with Crippen LogP contribution in [0.25, 0.3) is 0 Å². The highest BCUT2D eigenvalue weighted by Crippen LogP contribution is 2.31. The van der Waals surface area contributed by atoms with Gasteiger partial charge in [-0.2, -0.15) is 0 Å². The van der Waals surface area contributed by atoms with Crippen molar-refractivity contribution in [1.82, 2.24) is 4.90 Å². The van der Waals surface area contributed by atoms with Gasteiger partial charge in [0.15, 0.2) is 0 Å². The highest BCUT2D eigenvalue weighted by atomic mass is 35.5. The number of carboxylic acid groups (broad SMARTS) is 1. The third-order valence-electron chi connectivity index (χ3n) is 4.10. The first-order valence-corrected chi connectivity index (χ1v) is 7.40. The van der Waals surface area contributed by atoms with Crippen LogP contribution in [-0.4, -0.2) is 35.0 Å². The van der Waals surface area contributed by atoms with E-state index in [-0.39, 0.29) is 17.4 Å². The van der Waals surface area contributed by atoms with E-state index in [0.29, 0.717) is 36.5 Å². The zero-order valence-corrected chi connectivity index (χ0v) is 12.9. The van der Waals surface area contributed by atoms with Crippen molar-refractivity contribution in [1.29, 1.82) is 0 Å². The van der Waals surface area contributed by atoms with Gasteiger partial charge in [0.1, 0.15) is 11.9 Å². The monoisotopic (exact) mass is 328 g/mol. The quantitative estimate of drug-likeness (QED) is 0.886. The van der Waals surface area contributed by atoms with Gasteiger partial charge in [-0.3, -0.25) is 14.5 Å². The summed E-state index contributed by atoms with van der Waals surface area (Å²) in [7, 11) is 0. The summed E-state index contributed by atoms with van der Waals surface area (Å²) in [4.78, 5) is 24.4. The normalized spacial score (nSPS) is 18.1. The number of nitrogens with zero attached hydrogens (tertiary/aromatic N) is 1. The first-order chi connectivity index (χ1) is 10.3. The average Bonchev–Trinajstić information content (AvgIpc) is 2.45. The van der Waals surface area contributed by atoms with E-state index in [1.165, 1.54) is 12.1 Å². The summed E-state index contributed by atoms with van der Waals surface area (Å²) in [5.74, 6) is -2.36. The minimum atomic E-state index is -1.14. The molecule has 1 atom stereocenters. The lowest BCUT2D eigenvalue weighted by Crippen LogP contribution is -2.43. The summed E-state index contributed by atoms with van der Waals surface area (Å²) >= 11 is 6.00. The Bertz CT molecular complexity index is 601. The summed E-state index contributed by atoms with van der Waals surface area (Å²) in [6.45, 7) is 2.40. The van der Waals surface area contributed by atoms with Crippen LogP contribution < -0.4 is 5.73 Å². The third kappa shape index (κ3) is 3.39. The summed E-state index contributed by atoms with van der Waals surface area (Å²) < 4.78 is 14.2. The number of benzene rings is 1. The Balaban J connectivity index is 2.27. The smallest absolute Gasteiger partial charge is 0.325 e. The highest BCUT2D eigenvalue weighted by molar-refractivity contribution is 6.31. The van der Waals surface area contributed by atoms with Crippen molar-refractivity contribution in [3.05, 3.63) is 34.1 Å². The van der Waals surface area contributed by atoms with E-state index < -0.39 is 17.8 Å². The minimum absolute atomic E-state index is 0.0422. The third-order valence-corrected chi connectivity index (χ3v) is 4.51. The topological polar surface area (TPSA) is 83.6 Å². The van der Waals surface area contributed by atoms with Gasteiger partial charge in [-0.1, -0.05) is 11.6 Å². The molecule has 7 heteroatoms. The van der Waals surface area contributed by atoms with Gasteiger partial charge in [-0.15, -0.1) is 0 Å². The van der Waals surface area contributed by atoms with Gasteiger partial charge in [-0.05, 0) is 37.5 Å². The molecule has 22 heavy (non-hydrogen) atoms. The van der Waals surface area contributed by atoms with Crippen LogP contribution in [0.3, 0.4) is 0 Å². The molecule has 1 amide bonds. The first kappa shape index (κ1) is 16.7. The fraction of sp³-hybridized carbons (Fsp3) is 0.467. The number of likely N-dealkylation sites (tertiary alicyclic amines) is 1. The SMILES string of the molecule is Cc1cc(F)c(C(C(=O)O)N2CCC(C(N)=O)CC2)cc1Cl. The van der Waals surface area contributed by atoms with Crippen LogP contribution >= 0.6 is 11.6 Å². The Labute approximate surface area is 132 Å². The summed E-state index contributed by atoms with van der Waals surface area (Å²) in [5, 5.41) is 9.82. The van der Waals surface area contributed by atoms with Gasteiger partial charge >= 0.3 is 5.97 Å². The second-order valence-electron chi connectivity index (χ2n) is 5.58. The number of rotatable bonds is 4. The number of aryl methyl sites for hydroxylation is 1. The van der Waals surface area contributed by atoms with Crippen LogP contribution in [0.1, 0.15) is 30.0 Å². The Morgan fingerprint density at radius 2 is 2.00 bits per heavy atom. The standard InChI is InChI=1S/C15H18ClFN2O3/c1-8-6-12(17)10(7-11(8)16)13(15(21)22)19-4-2-9(3-5-19)14(18)20/h6-7,9,13H,2-5H2,1H3,(H2,18,20)(H,21,22). The number of carboxylic acids is 1. The molecule has 0 saturated carbocycles. The molecule has 1 saturated heterocycles. The molecule has 1 aliphatic heterocycles. The molecule has 0 aliphatic carbocycles. The predicted molar refractivity (Wildman–Crippen MR) is 80.0 cm³/mol. The van der Waals surface area contributed by atoms with E-state index in [9.17, 15) is 19.1 Å². The van der Waals surface area contributed by atoms with E-state index in [2.05, 4.69) is 0 Å². The van der Waals surface area contributed by atoms with E-state index >= 15 is 0 Å².